The van der Waals surface area contributed by atoms with Crippen LogP contribution in [0.2, 0.25) is 0 Å². The molecule has 2 aromatic rings. The summed E-state index contributed by atoms with van der Waals surface area (Å²) in [4.78, 5) is 4.51. The van der Waals surface area contributed by atoms with Crippen molar-refractivity contribution < 1.29 is 8.42 Å². The topological polar surface area (TPSA) is 75.8 Å². The fraction of sp³-hybridized carbons (Fsp3) is 0.429. The van der Waals surface area contributed by atoms with Crippen LogP contribution in [0.15, 0.2) is 18.2 Å². The minimum absolute atomic E-state index is 0.130. The van der Waals surface area contributed by atoms with Gasteiger partial charge in [0.1, 0.15) is 15.7 Å². The van der Waals surface area contributed by atoms with Crippen LogP contribution in [0.4, 0.5) is 0 Å². The molecule has 1 aromatic heterocycles. The van der Waals surface area contributed by atoms with Crippen molar-refractivity contribution in [3.63, 3.8) is 0 Å². The fourth-order valence-electron chi connectivity index (χ4n) is 2.25. The van der Waals surface area contributed by atoms with Gasteiger partial charge in [-0.05, 0) is 24.6 Å². The first-order valence-electron chi connectivity index (χ1n) is 6.57. The Hall–Kier alpha value is -1.58. The average Bonchev–Trinajstić information content (AvgIpc) is 2.75. The van der Waals surface area contributed by atoms with E-state index in [-0.39, 0.29) is 5.75 Å². The highest BCUT2D eigenvalue weighted by molar-refractivity contribution is 7.90. The minimum atomic E-state index is -2.98. The smallest absolute Gasteiger partial charge is 0.147 e. The Balaban J connectivity index is 2.37. The highest BCUT2D eigenvalue weighted by Gasteiger charge is 2.12. The SMILES string of the molecule is CS(=O)(=O)CCCn1c(CCCl)nc2ccc(C#N)cc21. The molecule has 0 fully saturated rings. The second kappa shape index (κ2) is 6.46. The van der Waals surface area contributed by atoms with Crippen LogP contribution in [-0.4, -0.2) is 35.9 Å². The van der Waals surface area contributed by atoms with Gasteiger partial charge in [-0.25, -0.2) is 13.4 Å². The van der Waals surface area contributed by atoms with Crippen molar-refractivity contribution in [2.45, 2.75) is 19.4 Å². The molecule has 0 bridgehead atoms. The normalized spacial score (nSPS) is 11.7. The number of fused-ring (bicyclic) bond motifs is 1. The lowest BCUT2D eigenvalue weighted by Gasteiger charge is -2.08. The van der Waals surface area contributed by atoms with Gasteiger partial charge in [0.25, 0.3) is 0 Å². The monoisotopic (exact) mass is 325 g/mol. The van der Waals surface area contributed by atoms with Crippen LogP contribution >= 0.6 is 11.6 Å². The van der Waals surface area contributed by atoms with Gasteiger partial charge in [0.2, 0.25) is 0 Å². The van der Waals surface area contributed by atoms with E-state index in [9.17, 15) is 8.42 Å². The Kier molecular flexibility index (Phi) is 4.86. The largest absolute Gasteiger partial charge is 0.328 e. The van der Waals surface area contributed by atoms with Crippen molar-refractivity contribution in [1.29, 1.82) is 5.26 Å². The number of aromatic nitrogens is 2. The molecule has 7 heteroatoms. The van der Waals surface area contributed by atoms with Crippen LogP contribution < -0.4 is 0 Å². The minimum Gasteiger partial charge on any atom is -0.328 e. The summed E-state index contributed by atoms with van der Waals surface area (Å²) in [5.74, 6) is 1.40. The second-order valence-corrected chi connectivity index (χ2v) is 7.56. The Labute approximate surface area is 129 Å². The number of benzene rings is 1. The van der Waals surface area contributed by atoms with Gasteiger partial charge in [0.05, 0.1) is 28.4 Å². The number of nitriles is 1. The first-order valence-corrected chi connectivity index (χ1v) is 9.17. The molecule has 1 aromatic carbocycles. The molecule has 0 aliphatic heterocycles. The fourth-order valence-corrected chi connectivity index (χ4v) is 3.07. The summed E-state index contributed by atoms with van der Waals surface area (Å²) >= 11 is 5.80. The zero-order valence-electron chi connectivity index (χ0n) is 11.7. The molecule has 0 N–H and O–H groups in total. The maximum atomic E-state index is 11.2. The van der Waals surface area contributed by atoms with Gasteiger partial charge >= 0.3 is 0 Å². The summed E-state index contributed by atoms with van der Waals surface area (Å²) in [5, 5.41) is 9.00. The van der Waals surface area contributed by atoms with E-state index in [0.29, 0.717) is 30.8 Å². The van der Waals surface area contributed by atoms with E-state index in [4.69, 9.17) is 16.9 Å². The second-order valence-electron chi connectivity index (χ2n) is 4.92. The molecule has 21 heavy (non-hydrogen) atoms. The van der Waals surface area contributed by atoms with Gasteiger partial charge < -0.3 is 4.57 Å². The molecule has 0 amide bonds. The van der Waals surface area contributed by atoms with Crippen LogP contribution in [0.5, 0.6) is 0 Å². The van der Waals surface area contributed by atoms with Crippen LogP contribution in [0.25, 0.3) is 11.0 Å². The number of imidazole rings is 1. The maximum Gasteiger partial charge on any atom is 0.147 e. The van der Waals surface area contributed by atoms with Crippen molar-refractivity contribution in [3.8, 4) is 6.07 Å². The third-order valence-electron chi connectivity index (χ3n) is 3.17. The Bertz CT molecular complexity index is 790. The van der Waals surface area contributed by atoms with Gasteiger partial charge in [-0.3, -0.25) is 0 Å². The lowest BCUT2D eigenvalue weighted by molar-refractivity contribution is 0.590. The number of hydrogen-bond acceptors (Lipinski definition) is 4. The Morgan fingerprint density at radius 1 is 1.43 bits per heavy atom. The van der Waals surface area contributed by atoms with Crippen molar-refractivity contribution >= 4 is 32.5 Å². The van der Waals surface area contributed by atoms with Gasteiger partial charge in [0.15, 0.2) is 0 Å². The predicted octanol–water partition coefficient (Wildman–Crippen LogP) is 2.12. The van der Waals surface area contributed by atoms with Gasteiger partial charge in [0, 0.05) is 25.1 Å². The summed E-state index contributed by atoms with van der Waals surface area (Å²) < 4.78 is 24.5. The van der Waals surface area contributed by atoms with Crippen molar-refractivity contribution in [3.05, 3.63) is 29.6 Å². The van der Waals surface area contributed by atoms with E-state index in [0.717, 1.165) is 16.9 Å². The summed E-state index contributed by atoms with van der Waals surface area (Å²) in [7, 11) is -2.98. The third-order valence-corrected chi connectivity index (χ3v) is 4.39. The third kappa shape index (κ3) is 3.96. The highest BCUT2D eigenvalue weighted by Crippen LogP contribution is 2.19. The number of rotatable bonds is 6. The summed E-state index contributed by atoms with van der Waals surface area (Å²) in [6, 6.07) is 7.41. The van der Waals surface area contributed by atoms with E-state index in [1.54, 1.807) is 18.2 Å². The lowest BCUT2D eigenvalue weighted by Crippen LogP contribution is -2.10. The molecule has 0 atom stereocenters. The van der Waals surface area contributed by atoms with Crippen molar-refractivity contribution in [2.75, 3.05) is 17.9 Å². The molecule has 0 aliphatic carbocycles. The standard InChI is InChI=1S/C14H16ClN3O2S/c1-21(19,20)8-2-7-18-13-9-11(10-16)3-4-12(13)17-14(18)5-6-15/h3-4,9H,2,5-8H2,1H3. The molecule has 0 saturated carbocycles. The van der Waals surface area contributed by atoms with Crippen LogP contribution in [0.3, 0.4) is 0 Å². The summed E-state index contributed by atoms with van der Waals surface area (Å²) in [5.41, 5.74) is 2.21. The van der Waals surface area contributed by atoms with E-state index in [1.807, 2.05) is 4.57 Å². The lowest BCUT2D eigenvalue weighted by atomic mass is 10.2. The summed E-state index contributed by atoms with van der Waals surface area (Å²) in [6.45, 7) is 0.546. The zero-order valence-corrected chi connectivity index (χ0v) is 13.3. The van der Waals surface area contributed by atoms with Gasteiger partial charge in [-0.1, -0.05) is 0 Å². The zero-order chi connectivity index (χ0) is 15.5. The summed E-state index contributed by atoms with van der Waals surface area (Å²) in [6.07, 6.45) is 2.35. The molecule has 0 unspecified atom stereocenters. The van der Waals surface area contributed by atoms with Gasteiger partial charge in [-0.15, -0.1) is 11.6 Å². The van der Waals surface area contributed by atoms with E-state index < -0.39 is 9.84 Å². The van der Waals surface area contributed by atoms with Gasteiger partial charge in [-0.2, -0.15) is 5.26 Å². The highest BCUT2D eigenvalue weighted by atomic mass is 35.5. The molecular formula is C14H16ClN3O2S. The molecule has 112 valence electrons. The first-order chi connectivity index (χ1) is 9.94. The number of nitrogens with zero attached hydrogens (tertiary/aromatic N) is 3. The van der Waals surface area contributed by atoms with Crippen molar-refractivity contribution in [2.24, 2.45) is 0 Å². The van der Waals surface area contributed by atoms with Crippen LogP contribution in [-0.2, 0) is 22.8 Å². The molecule has 0 saturated heterocycles. The van der Waals surface area contributed by atoms with E-state index in [1.165, 1.54) is 6.26 Å². The number of halogens is 1. The molecule has 1 heterocycles. The average molecular weight is 326 g/mol. The molecule has 0 aliphatic rings. The first kappa shape index (κ1) is 15.8. The quantitative estimate of drug-likeness (QED) is 0.762. The molecule has 5 nitrogen and oxygen atoms in total. The van der Waals surface area contributed by atoms with Crippen LogP contribution in [0, 0.1) is 11.3 Å². The predicted molar refractivity (Wildman–Crippen MR) is 83.2 cm³/mol. The number of alkyl halides is 1. The Morgan fingerprint density at radius 3 is 2.81 bits per heavy atom. The molecule has 0 radical (unpaired) electrons. The van der Waals surface area contributed by atoms with E-state index in [2.05, 4.69) is 11.1 Å². The van der Waals surface area contributed by atoms with Crippen LogP contribution in [0.1, 0.15) is 17.8 Å². The number of hydrogen-bond donors (Lipinski definition) is 0. The number of aryl methyl sites for hydroxylation is 2. The van der Waals surface area contributed by atoms with Crippen molar-refractivity contribution in [1.82, 2.24) is 9.55 Å². The molecular weight excluding hydrogens is 310 g/mol. The molecule has 0 spiro atoms. The number of sulfone groups is 1. The molecule has 2 rings (SSSR count). The Morgan fingerprint density at radius 2 is 2.19 bits per heavy atom. The van der Waals surface area contributed by atoms with E-state index >= 15 is 0 Å². The maximum absolute atomic E-state index is 11.2.